The number of fused-ring (bicyclic) bond motifs is 1. The van der Waals surface area contributed by atoms with E-state index in [1.807, 2.05) is 25.1 Å². The molecule has 4 nitrogen and oxygen atoms in total. The van der Waals surface area contributed by atoms with Crippen LogP contribution in [0.4, 0.5) is 0 Å². The quantitative estimate of drug-likeness (QED) is 0.350. The number of hydrogen-bond donors (Lipinski definition) is 0. The van der Waals surface area contributed by atoms with Crippen molar-refractivity contribution in [2.75, 3.05) is 6.61 Å². The van der Waals surface area contributed by atoms with Gasteiger partial charge in [0, 0.05) is 24.1 Å². The third kappa shape index (κ3) is 4.08. The molecule has 0 amide bonds. The Labute approximate surface area is 173 Å². The maximum atomic E-state index is 11.8. The Balaban J connectivity index is 2.10. The Hall–Kier alpha value is -1.75. The minimum Gasteiger partial charge on any atom is -0.466 e. The van der Waals surface area contributed by atoms with Crippen molar-refractivity contribution in [1.82, 2.24) is 9.55 Å². The summed E-state index contributed by atoms with van der Waals surface area (Å²) in [5, 5.41) is 1.35. The van der Waals surface area contributed by atoms with Crippen LogP contribution in [0.5, 0.6) is 0 Å². The number of carbonyl (C=O) groups excluding carboxylic acids is 1. The molecule has 1 aromatic heterocycles. The summed E-state index contributed by atoms with van der Waals surface area (Å²) < 4.78 is 7.10. The first-order valence-corrected chi connectivity index (χ1v) is 9.88. The molecule has 142 valence electrons. The Morgan fingerprint density at radius 2 is 1.81 bits per heavy atom. The molecule has 0 saturated heterocycles. The van der Waals surface area contributed by atoms with E-state index in [2.05, 4.69) is 4.57 Å². The largest absolute Gasteiger partial charge is 0.466 e. The van der Waals surface area contributed by atoms with E-state index in [4.69, 9.17) is 44.5 Å². The number of benzene rings is 2. The van der Waals surface area contributed by atoms with E-state index < -0.39 is 0 Å². The molecule has 0 unspecified atom stereocenters. The van der Waals surface area contributed by atoms with Gasteiger partial charge in [-0.05, 0) is 25.1 Å². The first-order chi connectivity index (χ1) is 13.0. The SMILES string of the molecule is CCOC(=O)CCn1c(CC)nc2c(-c3cc(Cl)c(Cl)cc3Cl)cccc21. The van der Waals surface area contributed by atoms with Gasteiger partial charge in [0.2, 0.25) is 0 Å². The summed E-state index contributed by atoms with van der Waals surface area (Å²) in [6.07, 6.45) is 1.04. The normalized spacial score (nSPS) is 11.1. The van der Waals surface area contributed by atoms with E-state index >= 15 is 0 Å². The monoisotopic (exact) mass is 424 g/mol. The highest BCUT2D eigenvalue weighted by atomic mass is 35.5. The molecule has 0 aliphatic rings. The maximum Gasteiger partial charge on any atom is 0.307 e. The summed E-state index contributed by atoms with van der Waals surface area (Å²) in [5.41, 5.74) is 3.41. The molecule has 0 bridgehead atoms. The molecule has 0 aliphatic heterocycles. The highest BCUT2D eigenvalue weighted by Crippen LogP contribution is 2.38. The number of aromatic nitrogens is 2. The summed E-state index contributed by atoms with van der Waals surface area (Å²) >= 11 is 18.7. The zero-order valence-electron chi connectivity index (χ0n) is 15.1. The minimum atomic E-state index is -0.218. The van der Waals surface area contributed by atoms with E-state index in [-0.39, 0.29) is 5.97 Å². The summed E-state index contributed by atoms with van der Waals surface area (Å²) in [4.78, 5) is 16.6. The molecule has 0 atom stereocenters. The fourth-order valence-corrected chi connectivity index (χ4v) is 3.75. The molecule has 2 aromatic carbocycles. The highest BCUT2D eigenvalue weighted by molar-refractivity contribution is 6.44. The van der Waals surface area contributed by atoms with Crippen LogP contribution in [-0.4, -0.2) is 22.1 Å². The fraction of sp³-hybridized carbons (Fsp3) is 0.300. The van der Waals surface area contributed by atoms with Crippen LogP contribution in [-0.2, 0) is 22.5 Å². The first-order valence-electron chi connectivity index (χ1n) is 8.74. The van der Waals surface area contributed by atoms with Crippen molar-refractivity contribution in [3.63, 3.8) is 0 Å². The number of aryl methyl sites for hydroxylation is 2. The van der Waals surface area contributed by atoms with Gasteiger partial charge in [-0.25, -0.2) is 4.98 Å². The fourth-order valence-electron chi connectivity index (χ4n) is 3.10. The summed E-state index contributed by atoms with van der Waals surface area (Å²) in [5.74, 6) is 0.683. The van der Waals surface area contributed by atoms with Gasteiger partial charge in [-0.3, -0.25) is 4.79 Å². The van der Waals surface area contributed by atoms with E-state index in [0.717, 1.165) is 34.4 Å². The topological polar surface area (TPSA) is 44.1 Å². The highest BCUT2D eigenvalue weighted by Gasteiger charge is 2.17. The molecular formula is C20H19Cl3N2O2. The van der Waals surface area contributed by atoms with Crippen LogP contribution in [0.2, 0.25) is 15.1 Å². The summed E-state index contributed by atoms with van der Waals surface area (Å²) in [7, 11) is 0. The lowest BCUT2D eigenvalue weighted by Crippen LogP contribution is -2.10. The van der Waals surface area contributed by atoms with Crippen molar-refractivity contribution >= 4 is 51.8 Å². The molecule has 0 spiro atoms. The van der Waals surface area contributed by atoms with E-state index in [0.29, 0.717) is 34.6 Å². The van der Waals surface area contributed by atoms with Gasteiger partial charge in [0.15, 0.2) is 0 Å². The third-order valence-corrected chi connectivity index (χ3v) is 5.35. The van der Waals surface area contributed by atoms with E-state index in [1.165, 1.54) is 0 Å². The van der Waals surface area contributed by atoms with Gasteiger partial charge in [0.1, 0.15) is 5.82 Å². The second-order valence-electron chi connectivity index (χ2n) is 6.01. The standard InChI is InChI=1S/C20H19Cl3N2O2/c1-3-18-24-20-12(13-10-15(22)16(23)11-14(13)21)6-5-7-17(20)25(18)9-8-19(26)27-4-2/h5-7,10-11H,3-4,8-9H2,1-2H3. The number of carbonyl (C=O) groups is 1. The van der Waals surface area contributed by atoms with Gasteiger partial charge < -0.3 is 9.30 Å². The van der Waals surface area contributed by atoms with Crippen molar-refractivity contribution in [2.24, 2.45) is 0 Å². The molecule has 0 fully saturated rings. The van der Waals surface area contributed by atoms with Crippen LogP contribution in [0.1, 0.15) is 26.1 Å². The Morgan fingerprint density at radius 1 is 1.07 bits per heavy atom. The number of ether oxygens (including phenoxy) is 1. The number of hydrogen-bond acceptors (Lipinski definition) is 3. The summed E-state index contributed by atoms with van der Waals surface area (Å²) in [6, 6.07) is 9.28. The number of nitrogens with zero attached hydrogens (tertiary/aromatic N) is 2. The lowest BCUT2D eigenvalue weighted by atomic mass is 10.0. The predicted octanol–water partition coefficient (Wildman–Crippen LogP) is 6.18. The van der Waals surface area contributed by atoms with Crippen molar-refractivity contribution in [2.45, 2.75) is 33.2 Å². The number of halogens is 3. The van der Waals surface area contributed by atoms with Gasteiger partial charge in [0.25, 0.3) is 0 Å². The lowest BCUT2D eigenvalue weighted by molar-refractivity contribution is -0.143. The Kier molecular flexibility index (Phi) is 6.30. The average molecular weight is 426 g/mol. The molecule has 1 heterocycles. The first kappa shape index (κ1) is 20.0. The minimum absolute atomic E-state index is 0.218. The van der Waals surface area contributed by atoms with Crippen molar-refractivity contribution in [3.05, 3.63) is 51.2 Å². The van der Waals surface area contributed by atoms with Crippen LogP contribution in [0, 0.1) is 0 Å². The molecule has 3 aromatic rings. The van der Waals surface area contributed by atoms with Crippen molar-refractivity contribution < 1.29 is 9.53 Å². The zero-order valence-corrected chi connectivity index (χ0v) is 17.3. The second-order valence-corrected chi connectivity index (χ2v) is 7.23. The van der Waals surface area contributed by atoms with Crippen molar-refractivity contribution in [3.8, 4) is 11.1 Å². The van der Waals surface area contributed by atoms with Crippen molar-refractivity contribution in [1.29, 1.82) is 0 Å². The number of para-hydroxylation sites is 1. The van der Waals surface area contributed by atoms with Gasteiger partial charge in [0.05, 0.1) is 39.1 Å². The van der Waals surface area contributed by atoms with Crippen LogP contribution in [0.3, 0.4) is 0 Å². The number of rotatable bonds is 6. The van der Waals surface area contributed by atoms with Crippen LogP contribution in [0.25, 0.3) is 22.2 Å². The van der Waals surface area contributed by atoms with Crippen LogP contribution in [0.15, 0.2) is 30.3 Å². The molecule has 0 N–H and O–H groups in total. The van der Waals surface area contributed by atoms with Gasteiger partial charge >= 0.3 is 5.97 Å². The Morgan fingerprint density at radius 3 is 2.52 bits per heavy atom. The molecule has 0 radical (unpaired) electrons. The van der Waals surface area contributed by atoms with Gasteiger partial charge in [-0.1, -0.05) is 53.9 Å². The smallest absolute Gasteiger partial charge is 0.307 e. The molecule has 3 rings (SSSR count). The number of imidazole rings is 1. The summed E-state index contributed by atoms with van der Waals surface area (Å²) in [6.45, 7) is 4.73. The van der Waals surface area contributed by atoms with Crippen LogP contribution < -0.4 is 0 Å². The second kappa shape index (κ2) is 8.51. The van der Waals surface area contributed by atoms with Gasteiger partial charge in [-0.2, -0.15) is 0 Å². The Bertz CT molecular complexity index is 999. The number of esters is 1. The molecular weight excluding hydrogens is 407 g/mol. The molecule has 7 heteroatoms. The zero-order chi connectivity index (χ0) is 19.6. The molecule has 0 aliphatic carbocycles. The lowest BCUT2D eigenvalue weighted by Gasteiger charge is -2.09. The predicted molar refractivity (Wildman–Crippen MR) is 111 cm³/mol. The average Bonchev–Trinajstić information content (AvgIpc) is 3.01. The molecule has 27 heavy (non-hydrogen) atoms. The van der Waals surface area contributed by atoms with E-state index in [1.54, 1.807) is 19.1 Å². The van der Waals surface area contributed by atoms with E-state index in [9.17, 15) is 4.79 Å². The third-order valence-electron chi connectivity index (χ3n) is 4.32. The molecule has 0 saturated carbocycles. The maximum absolute atomic E-state index is 11.8. The van der Waals surface area contributed by atoms with Crippen LogP contribution >= 0.6 is 34.8 Å². The van der Waals surface area contributed by atoms with Gasteiger partial charge in [-0.15, -0.1) is 0 Å².